The fourth-order valence-electron chi connectivity index (χ4n) is 10.5. The Labute approximate surface area is 355 Å². The van der Waals surface area contributed by atoms with E-state index in [-0.39, 0.29) is 6.17 Å². The fourth-order valence-corrected chi connectivity index (χ4v) is 11.9. The van der Waals surface area contributed by atoms with Crippen LogP contribution in [0.1, 0.15) is 58.5 Å². The van der Waals surface area contributed by atoms with Gasteiger partial charge in [0.05, 0.1) is 5.41 Å². The van der Waals surface area contributed by atoms with Gasteiger partial charge in [0.25, 0.3) is 0 Å². The third-order valence-electron chi connectivity index (χ3n) is 13.2. The predicted molar refractivity (Wildman–Crippen MR) is 250 cm³/mol. The van der Waals surface area contributed by atoms with Gasteiger partial charge in [-0.15, -0.1) is 0 Å². The van der Waals surface area contributed by atoms with Gasteiger partial charge in [0.15, 0.2) is 5.84 Å². The lowest BCUT2D eigenvalue weighted by Crippen LogP contribution is -2.35. The minimum atomic E-state index is -0.462. The highest BCUT2D eigenvalue weighted by Crippen LogP contribution is 2.66. The van der Waals surface area contributed by atoms with Crippen LogP contribution in [0.4, 0.5) is 0 Å². The lowest BCUT2D eigenvalue weighted by atomic mass is 9.65. The van der Waals surface area contributed by atoms with Crippen LogP contribution in [-0.2, 0) is 5.41 Å². The summed E-state index contributed by atoms with van der Waals surface area (Å²) in [5.74, 6) is 2.02. The number of fused-ring (bicyclic) bond motifs is 12. The molecule has 2 heterocycles. The molecule has 0 saturated carbocycles. The molecule has 2 unspecified atom stereocenters. The Morgan fingerprint density at radius 2 is 1.20 bits per heavy atom. The molecule has 2 atom stereocenters. The molecule has 0 saturated heterocycles. The summed E-state index contributed by atoms with van der Waals surface area (Å²) in [6.07, 6.45) is 5.68. The maximum absolute atomic E-state index is 5.28. The molecule has 0 radical (unpaired) electrons. The summed E-state index contributed by atoms with van der Waals surface area (Å²) < 4.78 is 0. The highest BCUT2D eigenvalue weighted by atomic mass is 32.2. The number of rotatable bonds is 4. The molecule has 12 rings (SSSR count). The van der Waals surface area contributed by atoms with Crippen molar-refractivity contribution in [2.24, 2.45) is 15.9 Å². The Hall–Kier alpha value is -6.75. The first-order valence-corrected chi connectivity index (χ1v) is 21.8. The summed E-state index contributed by atoms with van der Waals surface area (Å²) in [5.41, 5.74) is 13.7. The quantitative estimate of drug-likeness (QED) is 0.178. The van der Waals surface area contributed by atoms with Crippen LogP contribution >= 0.6 is 11.8 Å². The van der Waals surface area contributed by atoms with Crippen LogP contribution in [0.15, 0.2) is 213 Å². The van der Waals surface area contributed by atoms with E-state index in [4.69, 9.17) is 9.98 Å². The third kappa shape index (κ3) is 5.10. The van der Waals surface area contributed by atoms with Gasteiger partial charge in [-0.1, -0.05) is 207 Å². The Morgan fingerprint density at radius 1 is 0.583 bits per heavy atom. The van der Waals surface area contributed by atoms with Crippen LogP contribution in [0.25, 0.3) is 38.2 Å². The number of amidine groups is 2. The van der Waals surface area contributed by atoms with Crippen molar-refractivity contribution >= 4 is 50.6 Å². The summed E-state index contributed by atoms with van der Waals surface area (Å²) in [4.78, 5) is 15.3. The van der Waals surface area contributed by atoms with Crippen molar-refractivity contribution in [3.8, 4) is 11.1 Å². The van der Waals surface area contributed by atoms with E-state index in [1.54, 1.807) is 0 Å². The van der Waals surface area contributed by atoms with Crippen molar-refractivity contribution in [2.45, 2.75) is 34.7 Å². The third-order valence-corrected chi connectivity index (χ3v) is 14.5. The van der Waals surface area contributed by atoms with E-state index < -0.39 is 5.41 Å². The molecule has 8 aromatic carbocycles. The molecule has 4 aliphatic rings. The second-order valence-electron chi connectivity index (χ2n) is 16.5. The van der Waals surface area contributed by atoms with Gasteiger partial charge in [-0.05, 0) is 84.0 Å². The number of nitrogens with zero attached hydrogens (tertiary/aromatic N) is 3. The molecule has 60 heavy (non-hydrogen) atoms. The lowest BCUT2D eigenvalue weighted by molar-refractivity contribution is 0.383. The normalized spacial score (nSPS) is 18.5. The van der Waals surface area contributed by atoms with Gasteiger partial charge in [0.2, 0.25) is 0 Å². The first kappa shape index (κ1) is 35.2. The molecule has 0 bridgehead atoms. The number of hydrogen-bond donors (Lipinski definition) is 0. The fraction of sp³-hybridized carbons (Fsp3) is 0.107. The maximum Gasteiger partial charge on any atom is 0.159 e. The zero-order valence-corrected chi connectivity index (χ0v) is 34.3. The van der Waals surface area contributed by atoms with Crippen LogP contribution in [0.5, 0.6) is 0 Å². The highest BCUT2D eigenvalue weighted by Gasteiger charge is 2.53. The van der Waals surface area contributed by atoms with Crippen molar-refractivity contribution < 1.29 is 0 Å². The minimum absolute atomic E-state index is 0.234. The molecule has 2 aliphatic carbocycles. The monoisotopic (exact) mass is 787 g/mol. The second-order valence-corrected chi connectivity index (χ2v) is 17.5. The number of hydrogen-bond acceptors (Lipinski definition) is 4. The van der Waals surface area contributed by atoms with E-state index in [9.17, 15) is 0 Å². The topological polar surface area (TPSA) is 28.0 Å². The molecule has 2 aliphatic heterocycles. The average Bonchev–Trinajstić information content (AvgIpc) is 3.61. The van der Waals surface area contributed by atoms with Gasteiger partial charge in [-0.3, -0.25) is 0 Å². The Balaban J connectivity index is 1.05. The minimum Gasteiger partial charge on any atom is -0.333 e. The molecule has 3 nitrogen and oxygen atoms in total. The predicted octanol–water partition coefficient (Wildman–Crippen LogP) is 13.7. The van der Waals surface area contributed by atoms with Crippen molar-refractivity contribution in [2.75, 3.05) is 7.05 Å². The number of allylic oxidation sites excluding steroid dienone is 4. The van der Waals surface area contributed by atoms with E-state index in [0.29, 0.717) is 5.92 Å². The Morgan fingerprint density at radius 3 is 1.87 bits per heavy atom. The zero-order valence-electron chi connectivity index (χ0n) is 33.5. The van der Waals surface area contributed by atoms with Crippen molar-refractivity contribution in [1.82, 2.24) is 4.90 Å². The van der Waals surface area contributed by atoms with Crippen LogP contribution in [0.2, 0.25) is 0 Å². The van der Waals surface area contributed by atoms with Crippen LogP contribution in [0, 0.1) is 5.92 Å². The lowest BCUT2D eigenvalue weighted by Gasteiger charge is -2.42. The standard InChI is InChI=1S/C56H41N3S/c1-35-15-13-25-45-49(35)50-42(38-27-29-41(30-28-38)55-58-53(39-18-5-3-6-19-39)57-54(59(55)2)40-20-7-4-8-21-40)24-14-26-46(50)56(45)47-33-31-36-16-9-11-22-43(36)51(47)60-52-44-23-12-10-17-37(44)32-34-48(52)56/h3-14,16-35,55H,15H2,1-2H3. The maximum atomic E-state index is 5.28. The molecule has 0 fully saturated rings. The van der Waals surface area contributed by atoms with E-state index >= 15 is 0 Å². The van der Waals surface area contributed by atoms with Crippen molar-refractivity contribution in [1.29, 1.82) is 0 Å². The highest BCUT2D eigenvalue weighted by molar-refractivity contribution is 8.00. The van der Waals surface area contributed by atoms with E-state index in [1.807, 2.05) is 17.8 Å². The van der Waals surface area contributed by atoms with E-state index in [1.165, 1.54) is 75.9 Å². The molecule has 4 heteroatoms. The van der Waals surface area contributed by atoms with Gasteiger partial charge in [0, 0.05) is 28.0 Å². The largest absolute Gasteiger partial charge is 0.333 e. The summed E-state index contributed by atoms with van der Waals surface area (Å²) >= 11 is 1.96. The summed E-state index contributed by atoms with van der Waals surface area (Å²) in [6, 6.07) is 64.5. The SMILES string of the molecule is CC1CC=CC2=C1c1c(-c3ccc(C4N=C(c5ccccc5)N=C(c5ccccc5)N4C)cc3)cccc1C21c2ccc3ccccc3c2Sc2c1ccc1ccccc21. The molecule has 0 N–H and O–H groups in total. The van der Waals surface area contributed by atoms with Gasteiger partial charge in [-0.2, -0.15) is 0 Å². The van der Waals surface area contributed by atoms with Gasteiger partial charge >= 0.3 is 0 Å². The van der Waals surface area contributed by atoms with Crippen LogP contribution in [-0.4, -0.2) is 23.6 Å². The smallest absolute Gasteiger partial charge is 0.159 e. The van der Waals surface area contributed by atoms with Gasteiger partial charge in [-0.25, -0.2) is 9.98 Å². The average molecular weight is 788 g/mol. The Kier molecular flexibility index (Phi) is 8.01. The molecule has 0 amide bonds. The first-order valence-electron chi connectivity index (χ1n) is 21.0. The summed E-state index contributed by atoms with van der Waals surface area (Å²) in [6.45, 7) is 2.43. The summed E-state index contributed by atoms with van der Waals surface area (Å²) in [5, 5.41) is 5.20. The molecule has 0 aromatic heterocycles. The van der Waals surface area contributed by atoms with E-state index in [2.05, 4.69) is 201 Å². The second kappa shape index (κ2) is 13.7. The number of aliphatic imine (C=N–C) groups is 2. The van der Waals surface area contributed by atoms with Crippen LogP contribution in [0.3, 0.4) is 0 Å². The zero-order chi connectivity index (χ0) is 40.0. The molecule has 286 valence electrons. The molecule has 8 aromatic rings. The molecular formula is C56H41N3S. The van der Waals surface area contributed by atoms with Crippen LogP contribution < -0.4 is 0 Å². The summed E-state index contributed by atoms with van der Waals surface area (Å²) in [7, 11) is 2.11. The van der Waals surface area contributed by atoms with E-state index in [0.717, 1.165) is 34.8 Å². The van der Waals surface area contributed by atoms with Crippen molar-refractivity contribution in [3.63, 3.8) is 0 Å². The number of benzene rings is 8. The first-order chi connectivity index (χ1) is 29.6. The van der Waals surface area contributed by atoms with Gasteiger partial charge in [0.1, 0.15) is 12.0 Å². The van der Waals surface area contributed by atoms with Crippen molar-refractivity contribution in [3.05, 3.63) is 233 Å². The Bertz CT molecular complexity index is 3090. The molecule has 1 spiro atoms. The van der Waals surface area contributed by atoms with Gasteiger partial charge < -0.3 is 4.90 Å². The molecular weight excluding hydrogens is 747 g/mol.